The van der Waals surface area contributed by atoms with E-state index in [1.165, 1.54) is 10.9 Å². The Morgan fingerprint density at radius 2 is 1.57 bits per heavy atom. The van der Waals surface area contributed by atoms with Gasteiger partial charge in [-0.05, 0) is 18.4 Å². The lowest BCUT2D eigenvalue weighted by atomic mass is 10.0. The molecule has 114 valence electrons. The van der Waals surface area contributed by atoms with Crippen molar-refractivity contribution in [2.24, 2.45) is 7.05 Å². The predicted molar refractivity (Wildman–Crippen MR) is 62.7 cm³/mol. The van der Waals surface area contributed by atoms with Crippen LogP contribution in [0.1, 0.15) is 23.7 Å². The smallest absolute Gasteiger partial charge is 0.200 e. The van der Waals surface area contributed by atoms with E-state index in [2.05, 4.69) is 5.10 Å². The van der Waals surface area contributed by atoms with Crippen LogP contribution in [-0.4, -0.2) is 14.9 Å². The largest absolute Gasteiger partial charge is 0.388 e. The second kappa shape index (κ2) is 5.80. The molecule has 0 spiro atoms. The molecule has 0 fully saturated rings. The number of aryl methyl sites for hydroxylation is 2. The molecule has 8 heteroatoms. The van der Waals surface area contributed by atoms with Crippen molar-refractivity contribution in [3.63, 3.8) is 0 Å². The SMILES string of the molecule is Cn1cc(CCC(O)c2c(F)c(F)c(F)c(F)c2F)cn1. The summed E-state index contributed by atoms with van der Waals surface area (Å²) >= 11 is 0. The van der Waals surface area contributed by atoms with Crippen LogP contribution in [0.5, 0.6) is 0 Å². The van der Waals surface area contributed by atoms with Crippen molar-refractivity contribution in [3.8, 4) is 0 Å². The molecular weight excluding hydrogens is 295 g/mol. The number of aliphatic hydroxyl groups is 1. The molecule has 3 nitrogen and oxygen atoms in total. The van der Waals surface area contributed by atoms with Crippen molar-refractivity contribution in [1.29, 1.82) is 0 Å². The van der Waals surface area contributed by atoms with Crippen LogP contribution in [-0.2, 0) is 13.5 Å². The maximum atomic E-state index is 13.5. The second-order valence-corrected chi connectivity index (χ2v) is 4.56. The number of rotatable bonds is 4. The first kappa shape index (κ1) is 15.4. The molecule has 1 unspecified atom stereocenters. The summed E-state index contributed by atoms with van der Waals surface area (Å²) in [6.45, 7) is 0. The molecule has 1 aromatic heterocycles. The molecule has 1 heterocycles. The van der Waals surface area contributed by atoms with Crippen molar-refractivity contribution < 1.29 is 27.1 Å². The Balaban J connectivity index is 2.25. The van der Waals surface area contributed by atoms with Crippen molar-refractivity contribution in [2.45, 2.75) is 18.9 Å². The second-order valence-electron chi connectivity index (χ2n) is 4.56. The van der Waals surface area contributed by atoms with Gasteiger partial charge in [0.2, 0.25) is 5.82 Å². The zero-order chi connectivity index (χ0) is 15.7. The molecule has 2 rings (SSSR count). The molecule has 1 aromatic carbocycles. The molecule has 2 aromatic rings. The Labute approximate surface area is 116 Å². The van der Waals surface area contributed by atoms with E-state index in [0.717, 1.165) is 0 Å². The topological polar surface area (TPSA) is 38.0 Å². The minimum atomic E-state index is -2.24. The van der Waals surface area contributed by atoms with Crippen molar-refractivity contribution in [3.05, 3.63) is 52.6 Å². The summed E-state index contributed by atoms with van der Waals surface area (Å²) in [4.78, 5) is 0. The van der Waals surface area contributed by atoms with E-state index in [9.17, 15) is 27.1 Å². The van der Waals surface area contributed by atoms with Crippen LogP contribution in [0.3, 0.4) is 0 Å². The summed E-state index contributed by atoms with van der Waals surface area (Å²) in [6.07, 6.45) is 1.25. The van der Waals surface area contributed by atoms with Gasteiger partial charge in [-0.25, -0.2) is 22.0 Å². The number of nitrogens with zero attached hydrogens (tertiary/aromatic N) is 2. The van der Waals surface area contributed by atoms with E-state index in [0.29, 0.717) is 5.56 Å². The lowest BCUT2D eigenvalue weighted by Crippen LogP contribution is -2.12. The molecule has 0 saturated heterocycles. The first-order valence-electron chi connectivity index (χ1n) is 5.99. The highest BCUT2D eigenvalue weighted by molar-refractivity contribution is 5.26. The van der Waals surface area contributed by atoms with Crippen LogP contribution >= 0.6 is 0 Å². The Bertz CT molecular complexity index is 642. The molecule has 0 aliphatic rings. The highest BCUT2D eigenvalue weighted by atomic mass is 19.2. The van der Waals surface area contributed by atoms with Gasteiger partial charge in [0.1, 0.15) is 0 Å². The summed E-state index contributed by atoms with van der Waals surface area (Å²) in [5.41, 5.74) is -0.546. The third kappa shape index (κ3) is 2.90. The van der Waals surface area contributed by atoms with E-state index in [1.807, 2.05) is 0 Å². The van der Waals surface area contributed by atoms with E-state index >= 15 is 0 Å². The molecule has 0 amide bonds. The van der Waals surface area contributed by atoms with Gasteiger partial charge >= 0.3 is 0 Å². The first-order chi connectivity index (χ1) is 9.82. The fourth-order valence-corrected chi connectivity index (χ4v) is 1.96. The number of hydrogen-bond donors (Lipinski definition) is 1. The van der Waals surface area contributed by atoms with Gasteiger partial charge in [0.05, 0.1) is 17.9 Å². The molecule has 0 saturated carbocycles. The summed E-state index contributed by atoms with van der Waals surface area (Å²) in [5.74, 6) is -10.4. The van der Waals surface area contributed by atoms with Crippen molar-refractivity contribution in [1.82, 2.24) is 9.78 Å². The number of halogens is 5. The van der Waals surface area contributed by atoms with Gasteiger partial charge in [-0.1, -0.05) is 0 Å². The molecular formula is C13H11F5N2O. The Hall–Kier alpha value is -1.96. The maximum absolute atomic E-state index is 13.5. The predicted octanol–water partition coefficient (Wildman–Crippen LogP) is 2.78. The third-order valence-electron chi connectivity index (χ3n) is 3.04. The normalized spacial score (nSPS) is 12.7. The van der Waals surface area contributed by atoms with Crippen LogP contribution < -0.4 is 0 Å². The average Bonchev–Trinajstić information content (AvgIpc) is 2.86. The standard InChI is InChI=1S/C13H11F5N2O/c1-20-5-6(4-19-20)2-3-7(21)8-9(14)11(16)13(18)12(17)10(8)15/h4-5,7,21H,2-3H2,1H3. The maximum Gasteiger partial charge on any atom is 0.200 e. The molecule has 0 bridgehead atoms. The van der Waals surface area contributed by atoms with Crippen molar-refractivity contribution >= 4 is 0 Å². The number of aromatic nitrogens is 2. The van der Waals surface area contributed by atoms with Gasteiger partial charge in [0.25, 0.3) is 0 Å². The van der Waals surface area contributed by atoms with E-state index in [-0.39, 0.29) is 12.8 Å². The summed E-state index contributed by atoms with van der Waals surface area (Å²) < 4.78 is 67.4. The molecule has 21 heavy (non-hydrogen) atoms. The van der Waals surface area contributed by atoms with E-state index < -0.39 is 40.8 Å². The summed E-state index contributed by atoms with van der Waals surface area (Å²) in [5, 5.41) is 13.6. The molecule has 1 N–H and O–H groups in total. The van der Waals surface area contributed by atoms with Gasteiger partial charge in [-0.15, -0.1) is 0 Å². The Kier molecular flexibility index (Phi) is 4.26. The fourth-order valence-electron chi connectivity index (χ4n) is 1.96. The first-order valence-corrected chi connectivity index (χ1v) is 5.99. The molecule has 0 aliphatic carbocycles. The van der Waals surface area contributed by atoms with Crippen LogP contribution in [0, 0.1) is 29.1 Å². The fraction of sp³-hybridized carbons (Fsp3) is 0.308. The minimum absolute atomic E-state index is 0.175. The lowest BCUT2D eigenvalue weighted by molar-refractivity contribution is 0.154. The molecule has 0 radical (unpaired) electrons. The van der Waals surface area contributed by atoms with Gasteiger partial charge in [-0.3, -0.25) is 4.68 Å². The van der Waals surface area contributed by atoms with Crippen LogP contribution in [0.15, 0.2) is 12.4 Å². The number of aliphatic hydroxyl groups excluding tert-OH is 1. The Morgan fingerprint density at radius 1 is 1.05 bits per heavy atom. The van der Waals surface area contributed by atoms with Gasteiger partial charge in [0, 0.05) is 13.2 Å². The number of hydrogen-bond acceptors (Lipinski definition) is 2. The van der Waals surface area contributed by atoms with Crippen molar-refractivity contribution in [2.75, 3.05) is 0 Å². The monoisotopic (exact) mass is 306 g/mol. The highest BCUT2D eigenvalue weighted by Gasteiger charge is 2.29. The van der Waals surface area contributed by atoms with E-state index in [4.69, 9.17) is 0 Å². The van der Waals surface area contributed by atoms with Crippen LogP contribution in [0.2, 0.25) is 0 Å². The minimum Gasteiger partial charge on any atom is -0.388 e. The van der Waals surface area contributed by atoms with Gasteiger partial charge in [0.15, 0.2) is 23.3 Å². The summed E-state index contributed by atoms with van der Waals surface area (Å²) in [6, 6.07) is 0. The number of benzene rings is 1. The van der Waals surface area contributed by atoms with Crippen LogP contribution in [0.25, 0.3) is 0 Å². The van der Waals surface area contributed by atoms with Crippen LogP contribution in [0.4, 0.5) is 22.0 Å². The van der Waals surface area contributed by atoms with Gasteiger partial charge < -0.3 is 5.11 Å². The third-order valence-corrected chi connectivity index (χ3v) is 3.04. The quantitative estimate of drug-likeness (QED) is 0.536. The summed E-state index contributed by atoms with van der Waals surface area (Å²) in [7, 11) is 1.66. The highest BCUT2D eigenvalue weighted by Crippen LogP contribution is 2.29. The Morgan fingerprint density at radius 3 is 2.05 bits per heavy atom. The average molecular weight is 306 g/mol. The molecule has 0 aliphatic heterocycles. The zero-order valence-electron chi connectivity index (χ0n) is 10.9. The van der Waals surface area contributed by atoms with Gasteiger partial charge in [-0.2, -0.15) is 5.10 Å². The zero-order valence-corrected chi connectivity index (χ0v) is 10.9. The molecule has 1 atom stereocenters. The van der Waals surface area contributed by atoms with E-state index in [1.54, 1.807) is 13.2 Å². The lowest BCUT2D eigenvalue weighted by Gasteiger charge is -2.14.